The van der Waals surface area contributed by atoms with Crippen LogP contribution in [-0.4, -0.2) is 4.98 Å². The summed E-state index contributed by atoms with van der Waals surface area (Å²) in [5, 5.41) is 11.8. The Labute approximate surface area is 177 Å². The molecule has 4 aromatic rings. The molecular weight excluding hydrogens is 437 g/mol. The van der Waals surface area contributed by atoms with Gasteiger partial charge in [-0.2, -0.15) is 18.4 Å². The van der Waals surface area contributed by atoms with Gasteiger partial charge in [0.2, 0.25) is 0 Å². The zero-order chi connectivity index (χ0) is 21.3. The van der Waals surface area contributed by atoms with Crippen molar-refractivity contribution in [3.8, 4) is 28.8 Å². The Kier molecular flexibility index (Phi) is 5.24. The highest BCUT2D eigenvalue weighted by Crippen LogP contribution is 2.37. The summed E-state index contributed by atoms with van der Waals surface area (Å²) >= 11 is 7.32. The van der Waals surface area contributed by atoms with Gasteiger partial charge >= 0.3 is 6.18 Å². The van der Waals surface area contributed by atoms with Crippen LogP contribution in [0.3, 0.4) is 0 Å². The van der Waals surface area contributed by atoms with E-state index in [1.807, 2.05) is 0 Å². The number of hydrogen-bond acceptors (Lipinski definition) is 5. The van der Waals surface area contributed by atoms with Crippen molar-refractivity contribution in [2.75, 3.05) is 0 Å². The van der Waals surface area contributed by atoms with Crippen LogP contribution in [0, 0.1) is 11.3 Å². The topological polar surface area (TPSA) is 63.0 Å². The average molecular weight is 447 g/mol. The quantitative estimate of drug-likeness (QED) is 0.306. The highest BCUT2D eigenvalue weighted by molar-refractivity contribution is 7.11. The van der Waals surface area contributed by atoms with Gasteiger partial charge in [0.15, 0.2) is 5.76 Å². The second kappa shape index (κ2) is 7.86. The number of nitrogens with zero attached hydrogens (tertiary/aromatic N) is 2. The molecule has 0 bridgehead atoms. The van der Waals surface area contributed by atoms with Gasteiger partial charge in [-0.15, -0.1) is 11.3 Å². The molecule has 0 atom stereocenters. The molecule has 0 spiro atoms. The summed E-state index contributed by atoms with van der Waals surface area (Å²) in [6.07, 6.45) is -1.51. The van der Waals surface area contributed by atoms with E-state index in [1.165, 1.54) is 35.8 Å². The van der Waals surface area contributed by atoms with Gasteiger partial charge in [-0.1, -0.05) is 11.6 Å². The first-order valence-corrected chi connectivity index (χ1v) is 9.69. The van der Waals surface area contributed by atoms with Crippen LogP contribution in [0.1, 0.15) is 16.3 Å². The minimum atomic E-state index is -4.50. The number of allylic oxidation sites excluding steroid dienone is 1. The number of nitriles is 1. The van der Waals surface area contributed by atoms with E-state index < -0.39 is 11.7 Å². The van der Waals surface area contributed by atoms with Crippen molar-refractivity contribution in [2.24, 2.45) is 0 Å². The lowest BCUT2D eigenvalue weighted by Crippen LogP contribution is -2.04. The van der Waals surface area contributed by atoms with Crippen LogP contribution in [0.25, 0.3) is 34.4 Å². The third kappa shape index (κ3) is 4.03. The molecule has 0 unspecified atom stereocenters. The predicted molar refractivity (Wildman–Crippen MR) is 107 cm³/mol. The Morgan fingerprint density at radius 1 is 1.17 bits per heavy atom. The summed E-state index contributed by atoms with van der Waals surface area (Å²) in [5.41, 5.74) is 0.117. The van der Waals surface area contributed by atoms with Crippen LogP contribution in [0.15, 0.2) is 62.9 Å². The molecule has 0 amide bonds. The highest BCUT2D eigenvalue weighted by atomic mass is 35.5. The molecule has 3 heterocycles. The van der Waals surface area contributed by atoms with Crippen molar-refractivity contribution in [2.45, 2.75) is 6.18 Å². The molecule has 0 aliphatic rings. The van der Waals surface area contributed by atoms with Crippen LogP contribution in [0.4, 0.5) is 13.2 Å². The molecule has 0 saturated heterocycles. The number of alkyl halides is 3. The van der Waals surface area contributed by atoms with E-state index in [1.54, 1.807) is 23.6 Å². The van der Waals surface area contributed by atoms with Crippen molar-refractivity contribution in [3.63, 3.8) is 0 Å². The fourth-order valence-electron chi connectivity index (χ4n) is 2.68. The minimum absolute atomic E-state index is 0.110. The zero-order valence-electron chi connectivity index (χ0n) is 14.9. The van der Waals surface area contributed by atoms with Crippen molar-refractivity contribution < 1.29 is 22.0 Å². The monoisotopic (exact) mass is 446 g/mol. The molecule has 4 nitrogen and oxygen atoms in total. The van der Waals surface area contributed by atoms with Crippen LogP contribution in [-0.2, 0) is 6.18 Å². The Morgan fingerprint density at radius 3 is 2.70 bits per heavy atom. The second-order valence-electron chi connectivity index (χ2n) is 6.08. The van der Waals surface area contributed by atoms with Crippen LogP contribution in [0.2, 0.25) is 5.02 Å². The number of furan rings is 2. The Hall–Kier alpha value is -3.28. The highest BCUT2D eigenvalue weighted by Gasteiger charge is 2.31. The number of rotatable bonds is 4. The molecule has 0 aliphatic heterocycles. The number of benzene rings is 1. The van der Waals surface area contributed by atoms with E-state index in [0.29, 0.717) is 16.5 Å². The molecule has 3 aromatic heterocycles. The second-order valence-corrected chi connectivity index (χ2v) is 7.34. The Bertz CT molecular complexity index is 1260. The fraction of sp³-hybridized carbons (Fsp3) is 0.0476. The third-order valence-corrected chi connectivity index (χ3v) is 5.31. The molecule has 0 N–H and O–H groups in total. The summed E-state index contributed by atoms with van der Waals surface area (Å²) in [5.74, 6) is 1.02. The summed E-state index contributed by atoms with van der Waals surface area (Å²) < 4.78 is 49.9. The first kappa shape index (κ1) is 20.0. The van der Waals surface area contributed by atoms with E-state index in [-0.39, 0.29) is 27.7 Å². The van der Waals surface area contributed by atoms with Gasteiger partial charge in [0, 0.05) is 17.0 Å². The fourth-order valence-corrected chi connectivity index (χ4v) is 3.67. The standard InChI is InChI=1S/C21H10ClF3N2O2S/c22-16-5-3-13(21(23,24)25)9-15(16)18-6-4-14(29-18)8-12(10-26)20-27-17(11-30-20)19-2-1-7-28-19/h1-9,11H. The average Bonchev–Trinajstić information content (AvgIpc) is 3.46. The largest absolute Gasteiger partial charge is 0.463 e. The molecule has 0 radical (unpaired) electrons. The van der Waals surface area contributed by atoms with Crippen LogP contribution >= 0.6 is 22.9 Å². The Morgan fingerprint density at radius 2 is 2.00 bits per heavy atom. The van der Waals surface area contributed by atoms with Crippen molar-refractivity contribution in [3.05, 3.63) is 75.5 Å². The summed E-state index contributed by atoms with van der Waals surface area (Å²) in [4.78, 5) is 4.38. The summed E-state index contributed by atoms with van der Waals surface area (Å²) in [7, 11) is 0. The van der Waals surface area contributed by atoms with Crippen LogP contribution in [0.5, 0.6) is 0 Å². The summed E-state index contributed by atoms with van der Waals surface area (Å²) in [6, 6.07) is 11.6. The SMILES string of the molecule is N#CC(=Cc1ccc(-c2cc(C(F)(F)F)ccc2Cl)o1)c1nc(-c2ccco2)cs1. The van der Waals surface area contributed by atoms with Crippen molar-refractivity contribution in [1.82, 2.24) is 4.98 Å². The van der Waals surface area contributed by atoms with Gasteiger partial charge in [-0.25, -0.2) is 4.98 Å². The number of halogens is 4. The maximum atomic E-state index is 13.0. The van der Waals surface area contributed by atoms with Gasteiger partial charge in [-0.05, 0) is 42.5 Å². The molecule has 0 aliphatic carbocycles. The minimum Gasteiger partial charge on any atom is -0.463 e. The van der Waals surface area contributed by atoms with Gasteiger partial charge in [0.1, 0.15) is 28.3 Å². The zero-order valence-corrected chi connectivity index (χ0v) is 16.5. The third-order valence-electron chi connectivity index (χ3n) is 4.10. The lowest BCUT2D eigenvalue weighted by molar-refractivity contribution is -0.137. The molecule has 1 aromatic carbocycles. The van der Waals surface area contributed by atoms with E-state index in [9.17, 15) is 18.4 Å². The van der Waals surface area contributed by atoms with E-state index in [4.69, 9.17) is 20.4 Å². The van der Waals surface area contributed by atoms with E-state index >= 15 is 0 Å². The maximum Gasteiger partial charge on any atom is 0.416 e. The van der Waals surface area contributed by atoms with E-state index in [0.717, 1.165) is 12.1 Å². The molecular formula is C21H10ClF3N2O2S. The van der Waals surface area contributed by atoms with Gasteiger partial charge in [-0.3, -0.25) is 0 Å². The predicted octanol–water partition coefficient (Wildman–Crippen LogP) is 7.40. The van der Waals surface area contributed by atoms with Gasteiger partial charge in [0.25, 0.3) is 0 Å². The van der Waals surface area contributed by atoms with Crippen molar-refractivity contribution >= 4 is 34.6 Å². The van der Waals surface area contributed by atoms with Crippen LogP contribution < -0.4 is 0 Å². The molecule has 0 fully saturated rings. The normalized spacial score (nSPS) is 12.2. The number of aromatic nitrogens is 1. The van der Waals surface area contributed by atoms with Gasteiger partial charge < -0.3 is 8.83 Å². The number of thiazole rings is 1. The molecule has 4 rings (SSSR count). The van der Waals surface area contributed by atoms with E-state index in [2.05, 4.69) is 11.1 Å². The molecule has 9 heteroatoms. The molecule has 0 saturated carbocycles. The Balaban J connectivity index is 1.66. The molecule has 30 heavy (non-hydrogen) atoms. The lowest BCUT2D eigenvalue weighted by atomic mass is 10.1. The van der Waals surface area contributed by atoms with Crippen molar-refractivity contribution in [1.29, 1.82) is 5.26 Å². The lowest BCUT2D eigenvalue weighted by Gasteiger charge is -2.09. The maximum absolute atomic E-state index is 13.0. The first-order chi connectivity index (χ1) is 14.3. The summed E-state index contributed by atoms with van der Waals surface area (Å²) in [6.45, 7) is 0. The number of hydrogen-bond donors (Lipinski definition) is 0. The van der Waals surface area contributed by atoms with Gasteiger partial charge in [0.05, 0.1) is 22.4 Å². The first-order valence-electron chi connectivity index (χ1n) is 8.43. The smallest absolute Gasteiger partial charge is 0.416 e. The molecule has 150 valence electrons.